The Kier molecular flexibility index (Phi) is 5.64. The van der Waals surface area contributed by atoms with Crippen LogP contribution in [-0.4, -0.2) is 52.7 Å². The summed E-state index contributed by atoms with van der Waals surface area (Å²) in [4.78, 5) is 61.0. The third-order valence-electron chi connectivity index (χ3n) is 8.02. The van der Waals surface area contributed by atoms with Crippen molar-refractivity contribution in [3.8, 4) is 28.7 Å². The number of ketones is 2. The van der Waals surface area contributed by atoms with Crippen molar-refractivity contribution >= 4 is 34.2 Å². The molecular formula is C29H22ClN3O9. The second-order valence-electron chi connectivity index (χ2n) is 10.3. The van der Waals surface area contributed by atoms with Gasteiger partial charge in [-0.05, 0) is 30.2 Å². The first-order chi connectivity index (χ1) is 20.2. The van der Waals surface area contributed by atoms with E-state index < -0.39 is 34.3 Å². The number of nitrogens with one attached hydrogen (secondary N) is 1. The quantitative estimate of drug-likeness (QED) is 0.351. The fourth-order valence-electron chi connectivity index (χ4n) is 5.90. The first-order valence-corrected chi connectivity index (χ1v) is 13.3. The van der Waals surface area contributed by atoms with Crippen molar-refractivity contribution in [1.29, 1.82) is 0 Å². The summed E-state index contributed by atoms with van der Waals surface area (Å²) in [5.74, 6) is -0.473. The molecule has 214 valence electrons. The molecule has 0 fully saturated rings. The van der Waals surface area contributed by atoms with Crippen LogP contribution in [0.1, 0.15) is 38.9 Å². The molecule has 4 aromatic rings. The zero-order valence-corrected chi connectivity index (χ0v) is 23.3. The van der Waals surface area contributed by atoms with Crippen molar-refractivity contribution < 1.29 is 33.3 Å². The van der Waals surface area contributed by atoms with Gasteiger partial charge in [-0.1, -0.05) is 24.6 Å². The highest BCUT2D eigenvalue weighted by molar-refractivity contribution is 6.36. The summed E-state index contributed by atoms with van der Waals surface area (Å²) in [5, 5.41) is 0.0392. The summed E-state index contributed by atoms with van der Waals surface area (Å²) in [6.07, 6.45) is 0.138. The van der Waals surface area contributed by atoms with Gasteiger partial charge in [-0.15, -0.1) is 0 Å². The van der Waals surface area contributed by atoms with Crippen LogP contribution < -0.4 is 34.9 Å². The smallest absolute Gasteiger partial charge is 0.330 e. The highest BCUT2D eigenvalue weighted by atomic mass is 35.5. The second kappa shape index (κ2) is 9.08. The summed E-state index contributed by atoms with van der Waals surface area (Å²) in [6.45, 7) is 1.87. The van der Waals surface area contributed by atoms with E-state index >= 15 is 0 Å². The van der Waals surface area contributed by atoms with Gasteiger partial charge in [0.25, 0.3) is 5.56 Å². The average molecular weight is 592 g/mol. The molecule has 4 heterocycles. The molecule has 0 saturated heterocycles. The number of carbonyl (C=O) groups is 2. The van der Waals surface area contributed by atoms with E-state index in [9.17, 15) is 19.2 Å². The molecule has 3 aliphatic rings. The number of fused-ring (bicyclic) bond motifs is 4. The van der Waals surface area contributed by atoms with Crippen LogP contribution in [0.4, 0.5) is 0 Å². The predicted molar refractivity (Wildman–Crippen MR) is 148 cm³/mol. The molecule has 1 N–H and O–H groups in total. The minimum absolute atomic E-state index is 0.00684. The monoisotopic (exact) mass is 591 g/mol. The third kappa shape index (κ3) is 3.44. The number of carbonyl (C=O) groups excluding carboxylic acids is 2. The van der Waals surface area contributed by atoms with Crippen molar-refractivity contribution in [2.24, 2.45) is 5.92 Å². The van der Waals surface area contributed by atoms with Gasteiger partial charge in [0.05, 0.1) is 31.8 Å². The van der Waals surface area contributed by atoms with Gasteiger partial charge < -0.3 is 23.7 Å². The van der Waals surface area contributed by atoms with Gasteiger partial charge in [0.1, 0.15) is 27.7 Å². The minimum Gasteiger partial charge on any atom is -0.496 e. The van der Waals surface area contributed by atoms with Gasteiger partial charge in [-0.2, -0.15) is 0 Å². The number of nitrogens with zero attached hydrogens (tertiary/aromatic N) is 2. The van der Waals surface area contributed by atoms with Crippen molar-refractivity contribution in [3.05, 3.63) is 78.6 Å². The van der Waals surface area contributed by atoms with E-state index in [2.05, 4.69) is 9.97 Å². The summed E-state index contributed by atoms with van der Waals surface area (Å²) >= 11 is 6.50. The highest BCUT2D eigenvalue weighted by Crippen LogP contribution is 2.53. The standard InChI is InChI=1S/C29H22ClN3O9/c1-12-6-16-14(24(34)29(12)25(35)21-19(38-2)9-20(39-3)22(30)23(21)42-29)8-15-26(31-16)33(28(37)32-27(15)36)10-13-4-5-17-18(7-13)41-11-40-17/h4-5,7-9,12H,6,10-11H2,1-3H3,(H,32,36,37)/t12-,29+/m1/s1. The minimum atomic E-state index is -1.96. The number of aromatic nitrogens is 3. The Morgan fingerprint density at radius 1 is 1.05 bits per heavy atom. The van der Waals surface area contributed by atoms with Gasteiger partial charge in [-0.25, -0.2) is 9.78 Å². The molecule has 0 bridgehead atoms. The number of pyridine rings is 1. The number of Topliss-reactive ketones (excluding diaryl/α,β-unsaturated/α-hetero) is 2. The number of methoxy groups -OCH3 is 2. The van der Waals surface area contributed by atoms with Crippen LogP contribution in [0.5, 0.6) is 28.7 Å². The number of H-pyrrole nitrogens is 1. The maximum absolute atomic E-state index is 14.2. The molecule has 12 nitrogen and oxygen atoms in total. The lowest BCUT2D eigenvalue weighted by molar-refractivity contribution is 0.0257. The highest BCUT2D eigenvalue weighted by Gasteiger charge is 2.62. The van der Waals surface area contributed by atoms with E-state index in [1.165, 1.54) is 30.9 Å². The molecule has 13 heteroatoms. The Hall–Kier alpha value is -4.84. The van der Waals surface area contributed by atoms with Crippen molar-refractivity contribution in [3.63, 3.8) is 0 Å². The summed E-state index contributed by atoms with van der Waals surface area (Å²) in [7, 11) is 2.79. The van der Waals surface area contributed by atoms with Gasteiger partial charge in [0.2, 0.25) is 24.0 Å². The van der Waals surface area contributed by atoms with Crippen LogP contribution in [0, 0.1) is 5.92 Å². The Balaban J connectivity index is 1.36. The van der Waals surface area contributed by atoms with Crippen LogP contribution in [-0.2, 0) is 13.0 Å². The predicted octanol–water partition coefficient (Wildman–Crippen LogP) is 2.92. The molecule has 0 unspecified atom stereocenters. The number of rotatable bonds is 4. The fraction of sp³-hybridized carbons (Fsp3) is 0.276. The Morgan fingerprint density at radius 2 is 1.81 bits per heavy atom. The van der Waals surface area contributed by atoms with Gasteiger partial charge >= 0.3 is 5.69 Å². The van der Waals surface area contributed by atoms with E-state index in [4.69, 9.17) is 35.3 Å². The van der Waals surface area contributed by atoms with Crippen LogP contribution in [0.15, 0.2) is 39.9 Å². The van der Waals surface area contributed by atoms with E-state index in [-0.39, 0.29) is 64.2 Å². The Labute approximate surface area is 241 Å². The van der Waals surface area contributed by atoms with E-state index in [0.29, 0.717) is 22.8 Å². The first kappa shape index (κ1) is 26.1. The third-order valence-corrected chi connectivity index (χ3v) is 8.38. The molecule has 2 aromatic heterocycles. The molecule has 2 aromatic carbocycles. The van der Waals surface area contributed by atoms with Gasteiger partial charge in [0.15, 0.2) is 17.2 Å². The zero-order chi connectivity index (χ0) is 29.5. The Bertz CT molecular complexity index is 2000. The molecule has 0 saturated carbocycles. The van der Waals surface area contributed by atoms with Crippen LogP contribution in [0.25, 0.3) is 11.0 Å². The molecular weight excluding hydrogens is 570 g/mol. The van der Waals surface area contributed by atoms with Crippen LogP contribution >= 0.6 is 11.6 Å². The van der Waals surface area contributed by atoms with E-state index in [1.54, 1.807) is 25.1 Å². The van der Waals surface area contributed by atoms with Crippen LogP contribution in [0.2, 0.25) is 5.02 Å². The van der Waals surface area contributed by atoms with Gasteiger partial charge in [0, 0.05) is 17.5 Å². The molecule has 2 atom stereocenters. The van der Waals surface area contributed by atoms with Crippen molar-refractivity contribution in [2.45, 2.75) is 25.5 Å². The van der Waals surface area contributed by atoms with Crippen molar-refractivity contribution in [2.75, 3.05) is 21.0 Å². The number of halogens is 1. The Morgan fingerprint density at radius 3 is 2.57 bits per heavy atom. The summed E-state index contributed by atoms with van der Waals surface area (Å²) < 4.78 is 29.0. The number of aromatic amines is 1. The maximum Gasteiger partial charge on any atom is 0.330 e. The lowest BCUT2D eigenvalue weighted by atomic mass is 9.71. The van der Waals surface area contributed by atoms with Crippen molar-refractivity contribution in [1.82, 2.24) is 14.5 Å². The molecule has 42 heavy (non-hydrogen) atoms. The topological polar surface area (TPSA) is 148 Å². The zero-order valence-electron chi connectivity index (χ0n) is 22.5. The van der Waals surface area contributed by atoms with Gasteiger partial charge in [-0.3, -0.25) is 23.9 Å². The summed E-state index contributed by atoms with van der Waals surface area (Å²) in [6, 6.07) is 8.08. The lowest BCUT2D eigenvalue weighted by Gasteiger charge is -2.36. The molecule has 1 aliphatic carbocycles. The molecule has 0 radical (unpaired) electrons. The summed E-state index contributed by atoms with van der Waals surface area (Å²) in [5.41, 5.74) is -2.11. The number of ether oxygens (including phenoxy) is 5. The fourth-order valence-corrected chi connectivity index (χ4v) is 6.16. The number of hydrogen-bond donors (Lipinski definition) is 1. The van der Waals surface area contributed by atoms with E-state index in [0.717, 1.165) is 0 Å². The molecule has 7 rings (SSSR count). The van der Waals surface area contributed by atoms with E-state index in [1.807, 2.05) is 0 Å². The normalized spacial score (nSPS) is 20.0. The second-order valence-corrected chi connectivity index (χ2v) is 10.7. The molecule has 2 aliphatic heterocycles. The largest absolute Gasteiger partial charge is 0.496 e. The molecule has 0 amide bonds. The number of benzene rings is 2. The average Bonchev–Trinajstić information content (AvgIpc) is 3.57. The molecule has 1 spiro atoms. The SMILES string of the molecule is COc1cc(OC)c2c(c1Cl)O[C@@]1(C(=O)c3cc4c(=O)[nH]c(=O)n(Cc5ccc6c(c5)OCO6)c4nc3C[C@H]1C)C2=O. The maximum atomic E-state index is 14.2. The first-order valence-electron chi connectivity index (χ1n) is 13.0. The van der Waals surface area contributed by atoms with Crippen LogP contribution in [0.3, 0.4) is 0 Å². The lowest BCUT2D eigenvalue weighted by Crippen LogP contribution is -2.57. The number of hydrogen-bond acceptors (Lipinski definition) is 10.